The van der Waals surface area contributed by atoms with Crippen LogP contribution in [0.4, 0.5) is 0 Å². The smallest absolute Gasteiger partial charge is 0.265 e. The molecule has 0 aromatic carbocycles. The number of amides is 1. The van der Waals surface area contributed by atoms with E-state index in [1.807, 2.05) is 12.3 Å². The summed E-state index contributed by atoms with van der Waals surface area (Å²) in [7, 11) is 0. The van der Waals surface area contributed by atoms with E-state index >= 15 is 0 Å². The van der Waals surface area contributed by atoms with Gasteiger partial charge in [-0.2, -0.15) is 0 Å². The van der Waals surface area contributed by atoms with Crippen LogP contribution in [0, 0.1) is 6.92 Å². The van der Waals surface area contributed by atoms with Gasteiger partial charge < -0.3 is 0 Å². The van der Waals surface area contributed by atoms with Crippen molar-refractivity contribution in [3.05, 3.63) is 29.6 Å². The number of nitrogens with zero attached hydrogens (tertiary/aromatic N) is 1. The number of rotatable bonds is 1. The van der Waals surface area contributed by atoms with Gasteiger partial charge in [0.05, 0.1) is 0 Å². The molecule has 1 aromatic rings. The van der Waals surface area contributed by atoms with E-state index in [4.69, 9.17) is 5.84 Å². The Bertz CT molecular complexity index is 277. The molecule has 0 aliphatic rings. The average molecular weight is 188 g/mol. The summed E-state index contributed by atoms with van der Waals surface area (Å²) in [6.45, 7) is 1.81. The van der Waals surface area contributed by atoms with Crippen LogP contribution in [0.25, 0.3) is 0 Å². The van der Waals surface area contributed by atoms with Crippen LogP contribution in [0.3, 0.4) is 0 Å². The van der Waals surface area contributed by atoms with Gasteiger partial charge in [-0.15, -0.1) is 12.4 Å². The summed E-state index contributed by atoms with van der Waals surface area (Å²) in [5, 5.41) is 0. The molecule has 0 saturated carbocycles. The normalized spacial score (nSPS) is 8.50. The van der Waals surface area contributed by atoms with E-state index in [0.29, 0.717) is 5.56 Å². The van der Waals surface area contributed by atoms with Crippen molar-refractivity contribution in [3.8, 4) is 0 Å². The first-order valence-corrected chi connectivity index (χ1v) is 3.17. The number of hydrogen-bond acceptors (Lipinski definition) is 3. The van der Waals surface area contributed by atoms with Crippen molar-refractivity contribution in [2.24, 2.45) is 5.84 Å². The molecule has 1 heterocycles. The third-order valence-corrected chi connectivity index (χ3v) is 1.29. The molecule has 0 fully saturated rings. The minimum Gasteiger partial charge on any atom is -0.290 e. The summed E-state index contributed by atoms with van der Waals surface area (Å²) in [6.07, 6.45) is 1.57. The van der Waals surface area contributed by atoms with Crippen molar-refractivity contribution in [1.82, 2.24) is 10.4 Å². The lowest BCUT2D eigenvalue weighted by Gasteiger charge is -1.98. The quantitative estimate of drug-likeness (QED) is 0.380. The lowest BCUT2D eigenvalue weighted by atomic mass is 10.2. The Morgan fingerprint density at radius 1 is 1.67 bits per heavy atom. The highest BCUT2D eigenvalue weighted by Crippen LogP contribution is 1.98. The Morgan fingerprint density at radius 3 is 2.83 bits per heavy atom. The molecule has 66 valence electrons. The number of aromatic nitrogens is 1. The monoisotopic (exact) mass is 187 g/mol. The van der Waals surface area contributed by atoms with Crippen molar-refractivity contribution in [1.29, 1.82) is 0 Å². The van der Waals surface area contributed by atoms with Crippen LogP contribution in [0.1, 0.15) is 16.1 Å². The lowest BCUT2D eigenvalue weighted by molar-refractivity contribution is 0.0953. The van der Waals surface area contributed by atoms with Crippen LogP contribution < -0.4 is 11.3 Å². The van der Waals surface area contributed by atoms with Gasteiger partial charge in [-0.3, -0.25) is 15.2 Å². The molecule has 12 heavy (non-hydrogen) atoms. The van der Waals surface area contributed by atoms with E-state index in [2.05, 4.69) is 4.98 Å². The van der Waals surface area contributed by atoms with Gasteiger partial charge in [-0.1, -0.05) is 0 Å². The standard InChI is InChI=1S/C7H9N3O.ClH/c1-5-4-6(2-3-9-5)7(11)10-8;/h2-4H,8H2,1H3,(H,10,11);1H. The van der Waals surface area contributed by atoms with E-state index in [0.717, 1.165) is 5.69 Å². The highest BCUT2D eigenvalue weighted by atomic mass is 35.5. The van der Waals surface area contributed by atoms with E-state index in [1.165, 1.54) is 0 Å². The Hall–Kier alpha value is -1.13. The fraction of sp³-hybridized carbons (Fsp3) is 0.143. The summed E-state index contributed by atoms with van der Waals surface area (Å²) >= 11 is 0. The minimum absolute atomic E-state index is 0. The van der Waals surface area contributed by atoms with Gasteiger partial charge >= 0.3 is 0 Å². The topological polar surface area (TPSA) is 68.0 Å². The molecule has 4 nitrogen and oxygen atoms in total. The van der Waals surface area contributed by atoms with Crippen molar-refractivity contribution < 1.29 is 4.79 Å². The van der Waals surface area contributed by atoms with Gasteiger partial charge in [-0.25, -0.2) is 5.84 Å². The van der Waals surface area contributed by atoms with Crippen LogP contribution in [0.2, 0.25) is 0 Å². The Labute approximate surface area is 76.6 Å². The maximum absolute atomic E-state index is 10.9. The molecule has 1 rings (SSSR count). The first-order valence-electron chi connectivity index (χ1n) is 3.17. The molecule has 0 aliphatic heterocycles. The summed E-state index contributed by atoms with van der Waals surface area (Å²) in [5.74, 6) is 4.64. The number of carbonyl (C=O) groups excluding carboxylic acids is 1. The molecule has 0 saturated heterocycles. The molecule has 0 radical (unpaired) electrons. The van der Waals surface area contributed by atoms with Gasteiger partial charge in [0.15, 0.2) is 0 Å². The number of hydrogen-bond donors (Lipinski definition) is 2. The average Bonchev–Trinajstić information content (AvgIpc) is 2.03. The zero-order valence-electron chi connectivity index (χ0n) is 6.57. The lowest BCUT2D eigenvalue weighted by Crippen LogP contribution is -2.29. The van der Waals surface area contributed by atoms with Crippen LogP contribution in [0.5, 0.6) is 0 Å². The van der Waals surface area contributed by atoms with E-state index in [1.54, 1.807) is 18.3 Å². The number of nitrogens with one attached hydrogen (secondary N) is 1. The number of pyridine rings is 1. The fourth-order valence-corrected chi connectivity index (χ4v) is 0.770. The van der Waals surface area contributed by atoms with Gasteiger partial charge in [0.1, 0.15) is 0 Å². The molecule has 0 bridgehead atoms. The number of halogens is 1. The zero-order chi connectivity index (χ0) is 8.27. The van der Waals surface area contributed by atoms with Crippen LogP contribution >= 0.6 is 12.4 Å². The number of hydrazine groups is 1. The van der Waals surface area contributed by atoms with Crippen LogP contribution in [-0.4, -0.2) is 10.9 Å². The van der Waals surface area contributed by atoms with Crippen LogP contribution in [0.15, 0.2) is 18.3 Å². The predicted octanol–water partition coefficient (Wildman–Crippen LogP) is 0.415. The number of nitrogen functional groups attached to an aromatic ring is 1. The van der Waals surface area contributed by atoms with E-state index in [9.17, 15) is 4.79 Å². The predicted molar refractivity (Wildman–Crippen MR) is 47.9 cm³/mol. The minimum atomic E-state index is -0.296. The number of carbonyl (C=O) groups is 1. The van der Waals surface area contributed by atoms with E-state index < -0.39 is 0 Å². The fourth-order valence-electron chi connectivity index (χ4n) is 0.770. The molecule has 1 aromatic heterocycles. The maximum atomic E-state index is 10.9. The van der Waals surface area contributed by atoms with Crippen LogP contribution in [-0.2, 0) is 0 Å². The molecule has 0 atom stereocenters. The maximum Gasteiger partial charge on any atom is 0.265 e. The third-order valence-electron chi connectivity index (χ3n) is 1.29. The highest BCUT2D eigenvalue weighted by molar-refractivity contribution is 5.93. The summed E-state index contributed by atoms with van der Waals surface area (Å²) < 4.78 is 0. The molecular weight excluding hydrogens is 178 g/mol. The van der Waals surface area contributed by atoms with Gasteiger partial charge in [0, 0.05) is 17.5 Å². The van der Waals surface area contributed by atoms with E-state index in [-0.39, 0.29) is 18.3 Å². The summed E-state index contributed by atoms with van der Waals surface area (Å²) in [5.41, 5.74) is 3.37. The molecule has 0 spiro atoms. The zero-order valence-corrected chi connectivity index (χ0v) is 7.39. The Balaban J connectivity index is 0.00000121. The van der Waals surface area contributed by atoms with Gasteiger partial charge in [0.2, 0.25) is 0 Å². The second-order valence-electron chi connectivity index (χ2n) is 2.16. The van der Waals surface area contributed by atoms with Crippen molar-refractivity contribution in [2.45, 2.75) is 6.92 Å². The third kappa shape index (κ3) is 2.48. The largest absolute Gasteiger partial charge is 0.290 e. The SMILES string of the molecule is Cc1cc(C(=O)NN)ccn1.Cl. The Kier molecular flexibility index (Phi) is 4.25. The second kappa shape index (κ2) is 4.69. The molecule has 0 unspecified atom stereocenters. The van der Waals surface area contributed by atoms with Crippen molar-refractivity contribution in [2.75, 3.05) is 0 Å². The molecule has 5 heteroatoms. The summed E-state index contributed by atoms with van der Waals surface area (Å²) in [4.78, 5) is 14.8. The van der Waals surface area contributed by atoms with Gasteiger partial charge in [-0.05, 0) is 19.1 Å². The number of nitrogens with two attached hydrogens (primary N) is 1. The molecule has 0 aliphatic carbocycles. The van der Waals surface area contributed by atoms with Crippen molar-refractivity contribution in [3.63, 3.8) is 0 Å². The second-order valence-corrected chi connectivity index (χ2v) is 2.16. The first-order chi connectivity index (χ1) is 5.24. The molecule has 1 amide bonds. The van der Waals surface area contributed by atoms with Crippen molar-refractivity contribution >= 4 is 18.3 Å². The van der Waals surface area contributed by atoms with Gasteiger partial charge in [0.25, 0.3) is 5.91 Å². The number of aryl methyl sites for hydroxylation is 1. The summed E-state index contributed by atoms with van der Waals surface area (Å²) in [6, 6.07) is 3.28. The molecule has 3 N–H and O–H groups in total. The Morgan fingerprint density at radius 2 is 2.33 bits per heavy atom. The first kappa shape index (κ1) is 10.9. The molecular formula is C7H10ClN3O. The highest BCUT2D eigenvalue weighted by Gasteiger charge is 2.01.